The minimum absolute atomic E-state index is 0.656. The van der Waals surface area contributed by atoms with Gasteiger partial charge in [0.1, 0.15) is 5.82 Å². The Morgan fingerprint density at radius 2 is 2.00 bits per heavy atom. The predicted octanol–water partition coefficient (Wildman–Crippen LogP) is 3.05. The van der Waals surface area contributed by atoms with Crippen LogP contribution in [0.4, 0.5) is 5.82 Å². The summed E-state index contributed by atoms with van der Waals surface area (Å²) in [4.78, 5) is 4.43. The third kappa shape index (κ3) is 2.06. The molecule has 1 aromatic heterocycles. The molecule has 0 amide bonds. The van der Waals surface area contributed by atoms with Crippen LogP contribution in [0, 0.1) is 13.8 Å². The van der Waals surface area contributed by atoms with E-state index in [2.05, 4.69) is 30.2 Å². The molecule has 0 atom stereocenters. The van der Waals surface area contributed by atoms with Gasteiger partial charge in [0.2, 0.25) is 0 Å². The summed E-state index contributed by atoms with van der Waals surface area (Å²) in [6.07, 6.45) is 7.26. The maximum Gasteiger partial charge on any atom is 0.129 e. The monoisotopic (exact) mass is 190 g/mol. The molecule has 0 saturated heterocycles. The Hall–Kier alpha value is -1.05. The minimum Gasteiger partial charge on any atom is -0.367 e. The van der Waals surface area contributed by atoms with Crippen LogP contribution in [0.3, 0.4) is 0 Å². The maximum absolute atomic E-state index is 4.43. The molecular weight excluding hydrogens is 172 g/mol. The molecule has 0 radical (unpaired) electrons. The molecule has 0 aliphatic heterocycles. The summed E-state index contributed by atoms with van der Waals surface area (Å²) < 4.78 is 0. The lowest BCUT2D eigenvalue weighted by molar-refractivity contribution is 0.749. The van der Waals surface area contributed by atoms with Crippen LogP contribution in [-0.2, 0) is 0 Å². The Balaban J connectivity index is 2.08. The van der Waals surface area contributed by atoms with E-state index in [0.29, 0.717) is 6.04 Å². The smallest absolute Gasteiger partial charge is 0.129 e. The first-order chi connectivity index (χ1) is 6.75. The van der Waals surface area contributed by atoms with Gasteiger partial charge in [0, 0.05) is 12.2 Å². The predicted molar refractivity (Wildman–Crippen MR) is 59.6 cm³/mol. The van der Waals surface area contributed by atoms with Crippen molar-refractivity contribution in [3.63, 3.8) is 0 Å². The van der Waals surface area contributed by atoms with Crippen molar-refractivity contribution in [1.82, 2.24) is 4.98 Å². The fourth-order valence-electron chi connectivity index (χ4n) is 2.13. The molecule has 1 aliphatic rings. The highest BCUT2D eigenvalue weighted by atomic mass is 15.0. The Morgan fingerprint density at radius 1 is 1.29 bits per heavy atom. The summed E-state index contributed by atoms with van der Waals surface area (Å²) in [5, 5.41) is 3.53. The van der Waals surface area contributed by atoms with E-state index in [9.17, 15) is 0 Å². The van der Waals surface area contributed by atoms with Crippen molar-refractivity contribution >= 4 is 5.82 Å². The lowest BCUT2D eigenvalue weighted by atomic mass is 10.2. The molecule has 2 rings (SSSR count). The van der Waals surface area contributed by atoms with Crippen LogP contribution in [0.2, 0.25) is 0 Å². The van der Waals surface area contributed by atoms with E-state index in [1.807, 2.05) is 6.20 Å². The molecule has 2 nitrogen and oxygen atoms in total. The fourth-order valence-corrected chi connectivity index (χ4v) is 2.13. The van der Waals surface area contributed by atoms with Crippen molar-refractivity contribution in [2.24, 2.45) is 0 Å². The van der Waals surface area contributed by atoms with Gasteiger partial charge in [0.15, 0.2) is 0 Å². The summed E-state index contributed by atoms with van der Waals surface area (Å²) in [6.45, 7) is 4.20. The second-order valence-electron chi connectivity index (χ2n) is 4.30. The third-order valence-electron chi connectivity index (χ3n) is 2.91. The van der Waals surface area contributed by atoms with E-state index in [1.165, 1.54) is 36.8 Å². The van der Waals surface area contributed by atoms with Crippen molar-refractivity contribution in [3.05, 3.63) is 23.4 Å². The number of nitrogens with zero attached hydrogens (tertiary/aromatic N) is 1. The van der Waals surface area contributed by atoms with Crippen molar-refractivity contribution in [2.75, 3.05) is 5.32 Å². The van der Waals surface area contributed by atoms with Gasteiger partial charge in [-0.15, -0.1) is 0 Å². The van der Waals surface area contributed by atoms with Crippen LogP contribution in [0.5, 0.6) is 0 Å². The molecule has 0 bridgehead atoms. The Kier molecular flexibility index (Phi) is 2.71. The van der Waals surface area contributed by atoms with Gasteiger partial charge in [-0.3, -0.25) is 0 Å². The van der Waals surface area contributed by atoms with E-state index >= 15 is 0 Å². The zero-order chi connectivity index (χ0) is 9.97. The average molecular weight is 190 g/mol. The first kappa shape index (κ1) is 9.50. The summed E-state index contributed by atoms with van der Waals surface area (Å²) in [5.41, 5.74) is 2.50. The number of pyridine rings is 1. The number of hydrogen-bond acceptors (Lipinski definition) is 2. The second-order valence-corrected chi connectivity index (χ2v) is 4.30. The number of rotatable bonds is 2. The third-order valence-corrected chi connectivity index (χ3v) is 2.91. The molecule has 0 unspecified atom stereocenters. The number of aromatic nitrogens is 1. The highest BCUT2D eigenvalue weighted by molar-refractivity contribution is 5.45. The summed E-state index contributed by atoms with van der Waals surface area (Å²) in [7, 11) is 0. The van der Waals surface area contributed by atoms with Crippen LogP contribution >= 0.6 is 0 Å². The van der Waals surface area contributed by atoms with Crippen LogP contribution in [0.1, 0.15) is 36.8 Å². The van der Waals surface area contributed by atoms with Crippen LogP contribution in [0.15, 0.2) is 12.3 Å². The van der Waals surface area contributed by atoms with Gasteiger partial charge in [-0.2, -0.15) is 0 Å². The van der Waals surface area contributed by atoms with Crippen LogP contribution in [0.25, 0.3) is 0 Å². The maximum atomic E-state index is 4.43. The molecule has 1 saturated carbocycles. The van der Waals surface area contributed by atoms with Crippen LogP contribution in [-0.4, -0.2) is 11.0 Å². The van der Waals surface area contributed by atoms with E-state index in [4.69, 9.17) is 0 Å². The fraction of sp³-hybridized carbons (Fsp3) is 0.583. The molecule has 1 fully saturated rings. The van der Waals surface area contributed by atoms with Gasteiger partial charge in [0.05, 0.1) is 0 Å². The normalized spacial score (nSPS) is 17.3. The number of aryl methyl sites for hydroxylation is 2. The average Bonchev–Trinajstić information content (AvgIpc) is 2.62. The molecule has 0 aromatic carbocycles. The van der Waals surface area contributed by atoms with Crippen LogP contribution < -0.4 is 5.32 Å². The summed E-state index contributed by atoms with van der Waals surface area (Å²) in [5.74, 6) is 1.07. The van der Waals surface area contributed by atoms with Gasteiger partial charge in [-0.05, 0) is 37.8 Å². The van der Waals surface area contributed by atoms with E-state index < -0.39 is 0 Å². The largest absolute Gasteiger partial charge is 0.367 e. The molecule has 14 heavy (non-hydrogen) atoms. The second kappa shape index (κ2) is 3.99. The summed E-state index contributed by atoms with van der Waals surface area (Å²) >= 11 is 0. The standard InChI is InChI=1S/C12H18N2/c1-9-7-10(2)12(13-8-9)14-11-5-3-4-6-11/h7-8,11H,3-6H2,1-2H3,(H,13,14). The van der Waals surface area contributed by atoms with Gasteiger partial charge in [-0.1, -0.05) is 18.9 Å². The highest BCUT2D eigenvalue weighted by Gasteiger charge is 2.15. The number of hydrogen-bond donors (Lipinski definition) is 1. The molecule has 1 N–H and O–H groups in total. The summed E-state index contributed by atoms with van der Waals surface area (Å²) in [6, 6.07) is 2.84. The Morgan fingerprint density at radius 3 is 2.64 bits per heavy atom. The van der Waals surface area contributed by atoms with Gasteiger partial charge >= 0.3 is 0 Å². The first-order valence-electron chi connectivity index (χ1n) is 5.45. The molecule has 1 aromatic rings. The van der Waals surface area contributed by atoms with Gasteiger partial charge in [-0.25, -0.2) is 4.98 Å². The Labute approximate surface area is 85.7 Å². The molecule has 0 spiro atoms. The van der Waals surface area contributed by atoms with Gasteiger partial charge in [0.25, 0.3) is 0 Å². The molecule has 1 heterocycles. The van der Waals surface area contributed by atoms with Crippen molar-refractivity contribution in [1.29, 1.82) is 0 Å². The van der Waals surface area contributed by atoms with Crippen molar-refractivity contribution < 1.29 is 0 Å². The topological polar surface area (TPSA) is 24.9 Å². The molecule has 1 aliphatic carbocycles. The SMILES string of the molecule is Cc1cnc(NC2CCCC2)c(C)c1. The van der Waals surface area contributed by atoms with E-state index in [0.717, 1.165) is 5.82 Å². The lowest BCUT2D eigenvalue weighted by Crippen LogP contribution is -2.16. The zero-order valence-corrected chi connectivity index (χ0v) is 9.01. The lowest BCUT2D eigenvalue weighted by Gasteiger charge is -2.14. The first-order valence-corrected chi connectivity index (χ1v) is 5.45. The molecular formula is C12H18N2. The highest BCUT2D eigenvalue weighted by Crippen LogP contribution is 2.22. The quantitative estimate of drug-likeness (QED) is 0.775. The number of anilines is 1. The van der Waals surface area contributed by atoms with Gasteiger partial charge < -0.3 is 5.32 Å². The molecule has 76 valence electrons. The van der Waals surface area contributed by atoms with Crippen molar-refractivity contribution in [2.45, 2.75) is 45.6 Å². The Bertz CT molecular complexity index is 314. The van der Waals surface area contributed by atoms with E-state index in [1.54, 1.807) is 0 Å². The van der Waals surface area contributed by atoms with E-state index in [-0.39, 0.29) is 0 Å². The minimum atomic E-state index is 0.656. The van der Waals surface area contributed by atoms with Crippen molar-refractivity contribution in [3.8, 4) is 0 Å². The number of nitrogens with one attached hydrogen (secondary N) is 1. The zero-order valence-electron chi connectivity index (χ0n) is 9.01. The molecule has 2 heteroatoms.